The first-order chi connectivity index (χ1) is 5.16. The van der Waals surface area contributed by atoms with Crippen molar-refractivity contribution in [2.24, 2.45) is 0 Å². The fraction of sp³-hybridized carbons (Fsp3) is 1.00. The van der Waals surface area contributed by atoms with Crippen molar-refractivity contribution in [1.29, 1.82) is 0 Å². The van der Waals surface area contributed by atoms with Gasteiger partial charge in [-0.05, 0) is 13.3 Å². The van der Waals surface area contributed by atoms with Gasteiger partial charge in [-0.3, -0.25) is 0 Å². The molecule has 0 aliphatic carbocycles. The summed E-state index contributed by atoms with van der Waals surface area (Å²) >= 11 is -0.420. The molecule has 1 saturated heterocycles. The maximum atomic E-state index is 5.82. The van der Waals surface area contributed by atoms with Gasteiger partial charge in [0.25, 0.3) is 0 Å². The topological polar surface area (TPSA) is 18.5 Å². The Labute approximate surface area is 81.1 Å². The van der Waals surface area contributed by atoms with Gasteiger partial charge < -0.3 is 18.5 Å². The third kappa shape index (κ3) is 3.07. The van der Waals surface area contributed by atoms with Crippen LogP contribution in [0.25, 0.3) is 0 Å². The minimum atomic E-state index is -0.420. The molecule has 0 aromatic rings. The van der Waals surface area contributed by atoms with E-state index in [1.54, 1.807) is 0 Å². The maximum absolute atomic E-state index is 5.82. The Morgan fingerprint density at radius 3 is 2.55 bits per heavy atom. The number of hydrogen-bond donors (Lipinski definition) is 0. The molecule has 2 nitrogen and oxygen atoms in total. The summed E-state index contributed by atoms with van der Waals surface area (Å²) < 4.78 is 11.5. The Morgan fingerprint density at radius 1 is 1.55 bits per heavy atom. The lowest BCUT2D eigenvalue weighted by molar-refractivity contribution is -0.146. The molecule has 4 heteroatoms. The molecular weight excluding hydrogens is 176 g/mol. The average molecular weight is 189 g/mol. The van der Waals surface area contributed by atoms with E-state index in [2.05, 4.69) is 6.92 Å². The van der Waals surface area contributed by atoms with Gasteiger partial charge in [-0.2, -0.15) is 0 Å². The number of halogens is 1. The SMILES string of the molecule is C[CH](CC1(C)OCCO1)[Mg][Cl]. The van der Waals surface area contributed by atoms with Crippen LogP contribution in [0.1, 0.15) is 20.3 Å². The zero-order valence-corrected chi connectivity index (χ0v) is 9.27. The summed E-state index contributed by atoms with van der Waals surface area (Å²) in [5.74, 6) is -0.332. The van der Waals surface area contributed by atoms with Gasteiger partial charge in [-0.1, -0.05) is 6.92 Å². The van der Waals surface area contributed by atoms with Crippen molar-refractivity contribution in [1.82, 2.24) is 0 Å². The maximum Gasteiger partial charge on any atom is 0.504 e. The van der Waals surface area contributed by atoms with E-state index >= 15 is 0 Å². The van der Waals surface area contributed by atoms with Crippen molar-refractivity contribution in [2.45, 2.75) is 30.1 Å². The second-order valence-electron chi connectivity index (χ2n) is 3.29. The summed E-state index contributed by atoms with van der Waals surface area (Å²) in [6.07, 6.45) is 0.947. The molecule has 0 aromatic heterocycles. The summed E-state index contributed by atoms with van der Waals surface area (Å²) in [7, 11) is 5.82. The third-order valence-corrected chi connectivity index (χ3v) is 4.28. The molecule has 0 spiro atoms. The van der Waals surface area contributed by atoms with Crippen LogP contribution in [-0.4, -0.2) is 38.3 Å². The van der Waals surface area contributed by atoms with Gasteiger partial charge >= 0.3 is 19.3 Å². The van der Waals surface area contributed by atoms with Crippen molar-refractivity contribution in [2.75, 3.05) is 13.2 Å². The highest BCUT2D eigenvalue weighted by atomic mass is 35.5. The predicted molar refractivity (Wildman–Crippen MR) is 46.0 cm³/mol. The Bertz CT molecular complexity index is 126. The van der Waals surface area contributed by atoms with Crippen LogP contribution in [0.5, 0.6) is 0 Å². The Kier molecular flexibility index (Phi) is 3.91. The van der Waals surface area contributed by atoms with Gasteiger partial charge in [0.15, 0.2) is 5.79 Å². The van der Waals surface area contributed by atoms with E-state index in [0.29, 0.717) is 4.05 Å². The van der Waals surface area contributed by atoms with Crippen molar-refractivity contribution in [3.63, 3.8) is 0 Å². The Hall–Kier alpha value is 0.976. The van der Waals surface area contributed by atoms with Crippen LogP contribution in [0.3, 0.4) is 0 Å². The quantitative estimate of drug-likeness (QED) is 0.630. The minimum absolute atomic E-state index is 0.332. The Balaban J connectivity index is 2.33. The molecule has 1 rings (SSSR count). The normalized spacial score (nSPS) is 24.6. The lowest BCUT2D eigenvalue weighted by Gasteiger charge is -2.24. The molecule has 1 aliphatic heterocycles. The highest BCUT2D eigenvalue weighted by molar-refractivity contribution is 6.94. The zero-order chi connectivity index (χ0) is 8.32. The van der Waals surface area contributed by atoms with Crippen molar-refractivity contribution in [3.8, 4) is 0 Å². The minimum Gasteiger partial charge on any atom is -0.348 e. The summed E-state index contributed by atoms with van der Waals surface area (Å²) in [5, 5.41) is 0. The molecule has 0 radical (unpaired) electrons. The monoisotopic (exact) mass is 188 g/mol. The van der Waals surface area contributed by atoms with Crippen molar-refractivity contribution in [3.05, 3.63) is 0 Å². The lowest BCUT2D eigenvalue weighted by atomic mass is 10.2. The van der Waals surface area contributed by atoms with Crippen LogP contribution in [-0.2, 0) is 9.47 Å². The molecule has 11 heavy (non-hydrogen) atoms. The third-order valence-electron chi connectivity index (χ3n) is 1.88. The molecule has 0 bridgehead atoms. The molecule has 1 atom stereocenters. The first-order valence-corrected chi connectivity index (χ1v) is 6.95. The second kappa shape index (κ2) is 4.28. The van der Waals surface area contributed by atoms with E-state index < -0.39 is 19.3 Å². The summed E-state index contributed by atoms with van der Waals surface area (Å²) in [4.78, 5) is 0. The van der Waals surface area contributed by atoms with Gasteiger partial charge in [-0.25, -0.2) is 0 Å². The van der Waals surface area contributed by atoms with Crippen LogP contribution in [0.15, 0.2) is 0 Å². The molecule has 0 saturated carbocycles. The molecule has 0 aromatic carbocycles. The highest BCUT2D eigenvalue weighted by Gasteiger charge is 2.32. The van der Waals surface area contributed by atoms with Crippen LogP contribution in [0, 0.1) is 0 Å². The number of ether oxygens (including phenoxy) is 2. The first kappa shape index (κ1) is 10.1. The van der Waals surface area contributed by atoms with Gasteiger partial charge in [0, 0.05) is 0 Å². The highest BCUT2D eigenvalue weighted by Crippen LogP contribution is 2.28. The fourth-order valence-electron chi connectivity index (χ4n) is 1.36. The van der Waals surface area contributed by atoms with E-state index in [1.807, 2.05) is 6.92 Å². The van der Waals surface area contributed by atoms with E-state index in [0.717, 1.165) is 19.6 Å². The molecule has 1 aliphatic rings. The lowest BCUT2D eigenvalue weighted by Crippen LogP contribution is -2.27. The molecular formula is C7H13ClMgO2. The summed E-state index contributed by atoms with van der Waals surface area (Å²) in [5.41, 5.74) is 0. The Morgan fingerprint density at radius 2 is 2.09 bits per heavy atom. The summed E-state index contributed by atoms with van der Waals surface area (Å²) in [6.45, 7) is 5.62. The van der Waals surface area contributed by atoms with Crippen molar-refractivity contribution < 1.29 is 9.47 Å². The molecule has 0 amide bonds. The summed E-state index contributed by atoms with van der Waals surface area (Å²) in [6, 6.07) is 0. The van der Waals surface area contributed by atoms with Gasteiger partial charge in [0.1, 0.15) is 0 Å². The van der Waals surface area contributed by atoms with E-state index in [-0.39, 0.29) is 5.79 Å². The molecule has 1 fully saturated rings. The molecule has 1 heterocycles. The molecule has 1 unspecified atom stereocenters. The average Bonchev–Trinajstić information content (AvgIpc) is 2.36. The van der Waals surface area contributed by atoms with Crippen molar-refractivity contribution >= 4 is 28.3 Å². The van der Waals surface area contributed by atoms with E-state index in [4.69, 9.17) is 18.5 Å². The van der Waals surface area contributed by atoms with Crippen LogP contribution in [0.2, 0.25) is 4.05 Å². The number of hydrogen-bond acceptors (Lipinski definition) is 2. The van der Waals surface area contributed by atoms with Gasteiger partial charge in [0.2, 0.25) is 0 Å². The van der Waals surface area contributed by atoms with Gasteiger partial charge in [0.05, 0.1) is 13.2 Å². The molecule has 62 valence electrons. The zero-order valence-electron chi connectivity index (χ0n) is 7.10. The standard InChI is InChI=1S/C7H13O2.ClH.Mg/c1-3-4-7(2)8-5-6-9-7;;/h3H,4-6H2,1-2H3;1H;/q;;+1/p-1. The van der Waals surface area contributed by atoms with E-state index in [1.165, 1.54) is 0 Å². The first-order valence-electron chi connectivity index (χ1n) is 4.00. The van der Waals surface area contributed by atoms with Crippen LogP contribution < -0.4 is 0 Å². The van der Waals surface area contributed by atoms with Crippen LogP contribution >= 0.6 is 9.07 Å². The largest absolute Gasteiger partial charge is 0.504 e. The fourth-order valence-corrected chi connectivity index (χ4v) is 2.32. The predicted octanol–water partition coefficient (Wildman–Crippen LogP) is 1.81. The smallest absolute Gasteiger partial charge is 0.348 e. The van der Waals surface area contributed by atoms with Gasteiger partial charge in [-0.15, -0.1) is 4.05 Å². The van der Waals surface area contributed by atoms with E-state index in [9.17, 15) is 0 Å². The van der Waals surface area contributed by atoms with Crippen LogP contribution in [0.4, 0.5) is 0 Å². The molecule has 0 N–H and O–H groups in total. The number of rotatable bonds is 3. The second-order valence-corrected chi connectivity index (χ2v) is 5.92.